The Kier molecular flexibility index (Phi) is 5.95. The molecule has 1 aliphatic rings. The Hall–Kier alpha value is -2.20. The molecule has 2 aromatic carbocycles. The highest BCUT2D eigenvalue weighted by molar-refractivity contribution is 6.32. The van der Waals surface area contributed by atoms with E-state index in [1.807, 2.05) is 4.90 Å². The molecular weight excluding hydrogens is 362 g/mol. The van der Waals surface area contributed by atoms with Crippen molar-refractivity contribution in [2.24, 2.45) is 0 Å². The van der Waals surface area contributed by atoms with E-state index >= 15 is 0 Å². The Morgan fingerprint density at radius 1 is 1.15 bits per heavy atom. The average molecular weight is 388 g/mol. The fourth-order valence-corrected chi connectivity index (χ4v) is 3.45. The highest BCUT2D eigenvalue weighted by atomic mass is 35.5. The van der Waals surface area contributed by atoms with Crippen LogP contribution in [0.25, 0.3) is 0 Å². The van der Waals surface area contributed by atoms with Crippen LogP contribution in [0.3, 0.4) is 0 Å². The third kappa shape index (κ3) is 4.38. The molecule has 4 nitrogen and oxygen atoms in total. The predicted molar refractivity (Wildman–Crippen MR) is 108 cm³/mol. The second kappa shape index (κ2) is 8.22. The lowest BCUT2D eigenvalue weighted by atomic mass is 10.0. The zero-order valence-electron chi connectivity index (χ0n) is 16.3. The molecular formula is C22H26ClNO3. The van der Waals surface area contributed by atoms with E-state index in [0.29, 0.717) is 34.5 Å². The number of amides is 1. The number of nitrogens with zero attached hydrogens (tertiary/aromatic N) is 1. The van der Waals surface area contributed by atoms with E-state index in [1.54, 1.807) is 12.1 Å². The Morgan fingerprint density at radius 3 is 2.33 bits per heavy atom. The molecule has 1 fully saturated rings. The number of carbonyl (C=O) groups is 1. The van der Waals surface area contributed by atoms with E-state index in [2.05, 4.69) is 38.1 Å². The summed E-state index contributed by atoms with van der Waals surface area (Å²) in [6.07, 6.45) is 2.08. The van der Waals surface area contributed by atoms with Gasteiger partial charge in [-0.2, -0.15) is 0 Å². The monoisotopic (exact) mass is 387 g/mol. The molecule has 0 spiro atoms. The van der Waals surface area contributed by atoms with E-state index in [1.165, 1.54) is 19.8 Å². The van der Waals surface area contributed by atoms with Crippen LogP contribution in [0.2, 0.25) is 5.02 Å². The van der Waals surface area contributed by atoms with Gasteiger partial charge >= 0.3 is 0 Å². The summed E-state index contributed by atoms with van der Waals surface area (Å²) in [5, 5.41) is 0.372. The normalized spacial score (nSPS) is 13.6. The molecule has 1 aliphatic carbocycles. The van der Waals surface area contributed by atoms with Gasteiger partial charge in [-0.15, -0.1) is 0 Å². The summed E-state index contributed by atoms with van der Waals surface area (Å²) < 4.78 is 10.6. The summed E-state index contributed by atoms with van der Waals surface area (Å²) in [7, 11) is 3.07. The first kappa shape index (κ1) is 19.6. The van der Waals surface area contributed by atoms with Crippen molar-refractivity contribution in [2.75, 3.05) is 14.2 Å². The van der Waals surface area contributed by atoms with Crippen LogP contribution in [0, 0.1) is 0 Å². The summed E-state index contributed by atoms with van der Waals surface area (Å²) in [6.45, 7) is 4.94. The molecule has 5 heteroatoms. The quantitative estimate of drug-likeness (QED) is 0.648. The zero-order chi connectivity index (χ0) is 19.6. The van der Waals surface area contributed by atoms with Gasteiger partial charge in [0.2, 0.25) is 0 Å². The predicted octanol–water partition coefficient (Wildman–Crippen LogP) is 5.29. The summed E-state index contributed by atoms with van der Waals surface area (Å²) in [5.74, 6) is 1.37. The Labute approximate surface area is 166 Å². The molecule has 0 unspecified atom stereocenters. The maximum Gasteiger partial charge on any atom is 0.254 e. The molecule has 0 radical (unpaired) electrons. The van der Waals surface area contributed by atoms with Gasteiger partial charge in [0, 0.05) is 18.2 Å². The van der Waals surface area contributed by atoms with E-state index < -0.39 is 0 Å². The molecule has 0 N–H and O–H groups in total. The largest absolute Gasteiger partial charge is 0.493 e. The number of carbonyl (C=O) groups excluding carboxylic acids is 1. The topological polar surface area (TPSA) is 38.8 Å². The van der Waals surface area contributed by atoms with Gasteiger partial charge in [-0.25, -0.2) is 0 Å². The lowest BCUT2D eigenvalue weighted by Gasteiger charge is -2.23. The minimum atomic E-state index is -0.0340. The first-order valence-electron chi connectivity index (χ1n) is 9.26. The van der Waals surface area contributed by atoms with Crippen LogP contribution in [0.5, 0.6) is 11.5 Å². The van der Waals surface area contributed by atoms with Crippen molar-refractivity contribution in [3.05, 3.63) is 58.1 Å². The first-order valence-corrected chi connectivity index (χ1v) is 9.63. The highest BCUT2D eigenvalue weighted by Gasteiger charge is 2.33. The van der Waals surface area contributed by atoms with E-state index in [0.717, 1.165) is 18.4 Å². The number of ether oxygens (including phenoxy) is 2. The van der Waals surface area contributed by atoms with Crippen LogP contribution >= 0.6 is 11.6 Å². The van der Waals surface area contributed by atoms with Crippen molar-refractivity contribution in [2.45, 2.75) is 45.2 Å². The highest BCUT2D eigenvalue weighted by Crippen LogP contribution is 2.37. The Morgan fingerprint density at radius 2 is 1.81 bits per heavy atom. The minimum absolute atomic E-state index is 0.0340. The second-order valence-electron chi connectivity index (χ2n) is 7.25. The standard InChI is InChI=1S/C22H26ClNO3/c1-14(2)16-7-5-15(6-8-16)13-24(18-9-10-18)22(25)17-11-19(23)21(27-4)20(12-17)26-3/h5-8,11-12,14,18H,9-10,13H2,1-4H3. The van der Waals surface area contributed by atoms with Crippen molar-refractivity contribution in [1.82, 2.24) is 4.90 Å². The van der Waals surface area contributed by atoms with Crippen molar-refractivity contribution >= 4 is 17.5 Å². The molecule has 0 saturated heterocycles. The van der Waals surface area contributed by atoms with Gasteiger partial charge in [0.1, 0.15) is 0 Å². The number of halogens is 1. The number of hydrogen-bond acceptors (Lipinski definition) is 3. The lowest BCUT2D eigenvalue weighted by Crippen LogP contribution is -2.32. The maximum absolute atomic E-state index is 13.2. The minimum Gasteiger partial charge on any atom is -0.493 e. The third-order valence-electron chi connectivity index (χ3n) is 4.93. The second-order valence-corrected chi connectivity index (χ2v) is 7.66. The molecule has 0 atom stereocenters. The smallest absolute Gasteiger partial charge is 0.254 e. The van der Waals surface area contributed by atoms with Crippen LogP contribution in [-0.2, 0) is 6.54 Å². The van der Waals surface area contributed by atoms with Crippen LogP contribution in [0.4, 0.5) is 0 Å². The van der Waals surface area contributed by atoms with Crippen LogP contribution in [0.15, 0.2) is 36.4 Å². The summed E-state index contributed by atoms with van der Waals surface area (Å²) in [5.41, 5.74) is 2.95. The molecule has 144 valence electrons. The molecule has 1 amide bonds. The van der Waals surface area contributed by atoms with Gasteiger partial charge in [0.15, 0.2) is 11.5 Å². The fourth-order valence-electron chi connectivity index (χ4n) is 3.16. The van der Waals surface area contributed by atoms with Crippen molar-refractivity contribution in [3.8, 4) is 11.5 Å². The van der Waals surface area contributed by atoms with Crippen LogP contribution < -0.4 is 9.47 Å². The fraction of sp³-hybridized carbons (Fsp3) is 0.409. The summed E-state index contributed by atoms with van der Waals surface area (Å²) in [6, 6.07) is 12.1. The molecule has 27 heavy (non-hydrogen) atoms. The van der Waals surface area contributed by atoms with Crippen molar-refractivity contribution in [1.29, 1.82) is 0 Å². The van der Waals surface area contributed by atoms with Gasteiger partial charge in [0.05, 0.1) is 19.2 Å². The molecule has 3 rings (SSSR count). The van der Waals surface area contributed by atoms with Crippen LogP contribution in [0.1, 0.15) is 54.1 Å². The molecule has 0 bridgehead atoms. The van der Waals surface area contributed by atoms with Crippen molar-refractivity contribution in [3.63, 3.8) is 0 Å². The van der Waals surface area contributed by atoms with Crippen LogP contribution in [-0.4, -0.2) is 31.1 Å². The Bertz CT molecular complexity index is 813. The van der Waals surface area contributed by atoms with Crippen molar-refractivity contribution < 1.29 is 14.3 Å². The number of benzene rings is 2. The molecule has 0 aromatic heterocycles. The molecule has 0 aliphatic heterocycles. The van der Waals surface area contributed by atoms with Gasteiger partial charge in [-0.3, -0.25) is 4.79 Å². The van der Waals surface area contributed by atoms with E-state index in [4.69, 9.17) is 21.1 Å². The average Bonchev–Trinajstić information content (AvgIpc) is 3.50. The van der Waals surface area contributed by atoms with Gasteiger partial charge in [0.25, 0.3) is 5.91 Å². The number of hydrogen-bond donors (Lipinski definition) is 0. The first-order chi connectivity index (χ1) is 12.9. The lowest BCUT2D eigenvalue weighted by molar-refractivity contribution is 0.0729. The summed E-state index contributed by atoms with van der Waals surface area (Å²) >= 11 is 6.29. The number of rotatable bonds is 7. The number of methoxy groups -OCH3 is 2. The van der Waals surface area contributed by atoms with Gasteiger partial charge in [-0.1, -0.05) is 49.7 Å². The maximum atomic E-state index is 13.2. The zero-order valence-corrected chi connectivity index (χ0v) is 17.0. The van der Waals surface area contributed by atoms with Gasteiger partial charge < -0.3 is 14.4 Å². The molecule has 2 aromatic rings. The summed E-state index contributed by atoms with van der Waals surface area (Å²) in [4.78, 5) is 15.1. The molecule has 0 heterocycles. The third-order valence-corrected chi connectivity index (χ3v) is 5.21. The SMILES string of the molecule is COc1cc(C(=O)N(Cc2ccc(C(C)C)cc2)C2CC2)cc(Cl)c1OC. The molecule has 1 saturated carbocycles. The van der Waals surface area contributed by atoms with E-state index in [9.17, 15) is 4.79 Å². The van der Waals surface area contributed by atoms with E-state index in [-0.39, 0.29) is 11.9 Å². The Balaban J connectivity index is 1.85. The van der Waals surface area contributed by atoms with Gasteiger partial charge in [-0.05, 0) is 42.0 Å².